The normalized spacial score (nSPS) is 10.2. The number of hydrogen-bond acceptors (Lipinski definition) is 6. The summed E-state index contributed by atoms with van der Waals surface area (Å²) in [6, 6.07) is 20.0. The van der Waals surface area contributed by atoms with E-state index in [0.717, 1.165) is 20.3 Å². The highest BCUT2D eigenvalue weighted by Gasteiger charge is 2.06. The van der Waals surface area contributed by atoms with Crippen LogP contribution in [0.5, 0.6) is 0 Å². The Bertz CT molecular complexity index is 1990. The number of rotatable bonds is 2. The lowest BCUT2D eigenvalue weighted by Gasteiger charge is -2.02. The fourth-order valence-electron chi connectivity index (χ4n) is 3.64. The van der Waals surface area contributed by atoms with Gasteiger partial charge in [-0.1, -0.05) is 23.7 Å². The van der Waals surface area contributed by atoms with Gasteiger partial charge >= 0.3 is 34.1 Å². The zero-order chi connectivity index (χ0) is 28.2. The van der Waals surface area contributed by atoms with Crippen molar-refractivity contribution < 1.29 is 0 Å². The summed E-state index contributed by atoms with van der Waals surface area (Å²) >= 11 is 0. The minimum atomic E-state index is -0.874. The van der Waals surface area contributed by atoms with Crippen molar-refractivity contribution in [2.24, 2.45) is 0 Å². The summed E-state index contributed by atoms with van der Waals surface area (Å²) in [5, 5.41) is 0. The molecule has 0 saturated carbocycles. The molecular weight excluding hydrogens is 516 g/mol. The lowest BCUT2D eigenvalue weighted by molar-refractivity contribution is 0.784. The predicted octanol–water partition coefficient (Wildman–Crippen LogP) is -0.459. The number of aromatic nitrogens is 6. The van der Waals surface area contributed by atoms with Crippen LogP contribution in [0.15, 0.2) is 102 Å². The number of nitrogens with zero attached hydrogens (tertiary/aromatic N) is 2. The van der Waals surface area contributed by atoms with E-state index in [4.69, 9.17) is 0 Å². The number of hydrogen-bond donors (Lipinski definition) is 4. The van der Waals surface area contributed by atoms with Gasteiger partial charge in [0.1, 0.15) is 0 Å². The molecule has 3 aromatic carbocycles. The molecular formula is C28H16N6O6. The highest BCUT2D eigenvalue weighted by molar-refractivity contribution is 5.49. The number of H-pyrrole nitrogens is 4. The van der Waals surface area contributed by atoms with Crippen molar-refractivity contribution >= 4 is 0 Å². The van der Waals surface area contributed by atoms with Crippen molar-refractivity contribution in [1.82, 2.24) is 29.1 Å². The fourth-order valence-corrected chi connectivity index (χ4v) is 3.64. The van der Waals surface area contributed by atoms with Gasteiger partial charge in [-0.25, -0.2) is 37.9 Å². The first-order chi connectivity index (χ1) is 19.3. The molecule has 0 atom stereocenters. The molecule has 40 heavy (non-hydrogen) atoms. The summed E-state index contributed by atoms with van der Waals surface area (Å²) in [4.78, 5) is 78.1. The van der Waals surface area contributed by atoms with Gasteiger partial charge in [0.05, 0.1) is 11.4 Å². The molecule has 4 N–H and O–H groups in total. The maximum Gasteiger partial charge on any atom is 0.338 e. The molecule has 0 amide bonds. The molecule has 0 bridgehead atoms. The Balaban J connectivity index is 1.28. The first kappa shape index (κ1) is 25.3. The second-order valence-corrected chi connectivity index (χ2v) is 8.22. The Hall–Kier alpha value is -6.40. The van der Waals surface area contributed by atoms with E-state index in [1.54, 1.807) is 48.5 Å². The first-order valence-electron chi connectivity index (χ1n) is 11.5. The summed E-state index contributed by atoms with van der Waals surface area (Å²) in [6.07, 6.45) is 0. The van der Waals surface area contributed by atoms with Crippen molar-refractivity contribution in [3.8, 4) is 35.1 Å². The van der Waals surface area contributed by atoms with E-state index < -0.39 is 34.1 Å². The molecule has 5 aromatic rings. The zero-order valence-corrected chi connectivity index (χ0v) is 20.3. The molecule has 0 aliphatic heterocycles. The molecule has 0 radical (unpaired) electrons. The van der Waals surface area contributed by atoms with Crippen LogP contribution in [0.25, 0.3) is 11.4 Å². The molecule has 0 unspecified atom stereocenters. The lowest BCUT2D eigenvalue weighted by Crippen LogP contribution is -2.42. The van der Waals surface area contributed by atoms with Crippen molar-refractivity contribution in [3.05, 3.63) is 158 Å². The van der Waals surface area contributed by atoms with Gasteiger partial charge in [0.15, 0.2) is 0 Å². The Labute approximate surface area is 222 Å². The van der Waals surface area contributed by atoms with E-state index in [1.807, 2.05) is 44.2 Å². The minimum Gasteiger partial charge on any atom is -0.258 e. The van der Waals surface area contributed by atoms with Crippen LogP contribution in [0.1, 0.15) is 22.3 Å². The predicted molar refractivity (Wildman–Crippen MR) is 145 cm³/mol. The molecule has 2 aromatic heterocycles. The number of benzene rings is 3. The average molecular weight is 532 g/mol. The Morgan fingerprint density at radius 1 is 0.375 bits per heavy atom. The van der Waals surface area contributed by atoms with E-state index in [0.29, 0.717) is 11.1 Å². The minimum absolute atomic E-state index is 0.282. The number of aromatic amines is 4. The van der Waals surface area contributed by atoms with Crippen LogP contribution in [0.3, 0.4) is 0 Å². The highest BCUT2D eigenvalue weighted by atomic mass is 16.2. The fraction of sp³-hybridized carbons (Fsp3) is 0. The molecule has 0 saturated heterocycles. The van der Waals surface area contributed by atoms with E-state index in [1.165, 1.54) is 0 Å². The molecule has 0 aliphatic rings. The Kier molecular flexibility index (Phi) is 6.65. The number of nitrogens with one attached hydrogen (secondary N) is 4. The van der Waals surface area contributed by atoms with E-state index >= 15 is 0 Å². The van der Waals surface area contributed by atoms with Crippen LogP contribution in [-0.4, -0.2) is 29.1 Å². The zero-order valence-electron chi connectivity index (χ0n) is 20.3. The van der Waals surface area contributed by atoms with E-state index in [2.05, 4.69) is 23.7 Å². The molecule has 12 nitrogen and oxygen atoms in total. The monoisotopic (exact) mass is 532 g/mol. The Morgan fingerprint density at radius 2 is 0.600 bits per heavy atom. The maximum atomic E-state index is 11.9. The summed E-state index contributed by atoms with van der Waals surface area (Å²) in [6.45, 7) is 0. The summed E-state index contributed by atoms with van der Waals surface area (Å²) in [5.74, 6) is 12.1. The lowest BCUT2D eigenvalue weighted by atomic mass is 10.1. The third kappa shape index (κ3) is 5.46. The second-order valence-electron chi connectivity index (χ2n) is 8.22. The van der Waals surface area contributed by atoms with Crippen LogP contribution in [0.4, 0.5) is 0 Å². The average Bonchev–Trinajstić information content (AvgIpc) is 2.92. The molecule has 0 aliphatic carbocycles. The van der Waals surface area contributed by atoms with Gasteiger partial charge in [0.25, 0.3) is 0 Å². The smallest absolute Gasteiger partial charge is 0.258 e. The molecule has 2 heterocycles. The highest BCUT2D eigenvalue weighted by Crippen LogP contribution is 2.08. The van der Waals surface area contributed by atoms with Gasteiger partial charge in [-0.3, -0.25) is 19.9 Å². The summed E-state index contributed by atoms with van der Waals surface area (Å²) in [5.41, 5.74) is -1.77. The van der Waals surface area contributed by atoms with Gasteiger partial charge in [-0.2, -0.15) is 0 Å². The second kappa shape index (κ2) is 10.5. The van der Waals surface area contributed by atoms with Crippen LogP contribution in [0, 0.1) is 23.7 Å². The third-order valence-corrected chi connectivity index (χ3v) is 5.53. The molecule has 0 spiro atoms. The van der Waals surface area contributed by atoms with E-state index in [9.17, 15) is 28.8 Å². The van der Waals surface area contributed by atoms with Gasteiger partial charge in [-0.15, -0.1) is 0 Å². The topological polar surface area (TPSA) is 175 Å². The van der Waals surface area contributed by atoms with Crippen molar-refractivity contribution in [2.45, 2.75) is 0 Å². The Morgan fingerprint density at radius 3 is 0.850 bits per heavy atom. The standard InChI is InChI=1S/C28H16N6O6/c35-23-29-25(37)33(26(38)30-23)21-13-9-19(10-14-21)7-5-17-1-2-18(4-3-17)6-8-20-11-15-22(16-12-20)34-27(39)31-24(36)32-28(34)40/h1-4,9-16H,(H2,29,30,35,37,38)(H2,31,32,36,39,40). The first-order valence-corrected chi connectivity index (χ1v) is 11.5. The largest absolute Gasteiger partial charge is 0.338 e. The summed E-state index contributed by atoms with van der Waals surface area (Å²) < 4.78 is 1.61. The van der Waals surface area contributed by atoms with Gasteiger partial charge in [-0.05, 0) is 72.8 Å². The molecule has 194 valence electrons. The third-order valence-electron chi connectivity index (χ3n) is 5.53. The summed E-state index contributed by atoms with van der Waals surface area (Å²) in [7, 11) is 0. The van der Waals surface area contributed by atoms with Crippen LogP contribution in [0.2, 0.25) is 0 Å². The van der Waals surface area contributed by atoms with E-state index in [-0.39, 0.29) is 11.4 Å². The SMILES string of the molecule is O=c1[nH]c(=O)n(-c2ccc(C#Cc3ccc(C#Cc4ccc(-n5c(=O)[nH]c(=O)[nH]c5=O)cc4)cc3)cc2)c(=O)[nH]1. The maximum absolute atomic E-state index is 11.9. The molecule has 5 rings (SSSR count). The van der Waals surface area contributed by atoms with Crippen molar-refractivity contribution in [2.75, 3.05) is 0 Å². The molecule has 0 fully saturated rings. The van der Waals surface area contributed by atoms with Crippen LogP contribution in [-0.2, 0) is 0 Å². The van der Waals surface area contributed by atoms with Crippen molar-refractivity contribution in [1.29, 1.82) is 0 Å². The van der Waals surface area contributed by atoms with Crippen LogP contribution >= 0.6 is 0 Å². The molecule has 12 heteroatoms. The van der Waals surface area contributed by atoms with Gasteiger partial charge in [0, 0.05) is 22.3 Å². The van der Waals surface area contributed by atoms with Gasteiger partial charge < -0.3 is 0 Å². The quantitative estimate of drug-likeness (QED) is 0.224. The van der Waals surface area contributed by atoms with Gasteiger partial charge in [0.2, 0.25) is 0 Å². The van der Waals surface area contributed by atoms with Crippen molar-refractivity contribution in [3.63, 3.8) is 0 Å². The van der Waals surface area contributed by atoms with Crippen LogP contribution < -0.4 is 34.1 Å².